The Labute approximate surface area is 115 Å². The molecule has 0 aliphatic heterocycles. The van der Waals surface area contributed by atoms with Crippen molar-refractivity contribution < 1.29 is 19.0 Å². The minimum absolute atomic E-state index is 0.358. The van der Waals surface area contributed by atoms with Crippen LogP contribution in [0.2, 0.25) is 0 Å². The number of anilines is 1. The molecule has 0 amide bonds. The van der Waals surface area contributed by atoms with Crippen LogP contribution in [0.4, 0.5) is 10.1 Å². The Morgan fingerprint density at radius 1 is 1.40 bits per heavy atom. The molecule has 0 radical (unpaired) electrons. The van der Waals surface area contributed by atoms with Gasteiger partial charge in [0.05, 0.1) is 12.7 Å². The lowest BCUT2D eigenvalue weighted by Crippen LogP contribution is -2.04. The van der Waals surface area contributed by atoms with Crippen LogP contribution in [0.5, 0.6) is 5.88 Å². The first-order valence-corrected chi connectivity index (χ1v) is 5.86. The molecule has 0 fully saturated rings. The summed E-state index contributed by atoms with van der Waals surface area (Å²) in [4.78, 5) is 14.9. The quantitative estimate of drug-likeness (QED) is 0.878. The molecule has 0 spiro atoms. The first kappa shape index (κ1) is 13.8. The highest BCUT2D eigenvalue weighted by Crippen LogP contribution is 2.16. The summed E-state index contributed by atoms with van der Waals surface area (Å²) in [6.07, 6.45) is 1.65. The fourth-order valence-corrected chi connectivity index (χ4v) is 1.64. The molecule has 0 unspecified atom stereocenters. The Hall–Kier alpha value is -2.63. The number of methoxy groups -OCH3 is 1. The zero-order valence-corrected chi connectivity index (χ0v) is 10.8. The summed E-state index contributed by atoms with van der Waals surface area (Å²) in [7, 11) is 1.53. The molecule has 2 N–H and O–H groups in total. The first-order valence-electron chi connectivity index (χ1n) is 5.86. The van der Waals surface area contributed by atoms with Gasteiger partial charge >= 0.3 is 5.97 Å². The number of benzene rings is 1. The van der Waals surface area contributed by atoms with Gasteiger partial charge in [0.2, 0.25) is 5.88 Å². The summed E-state index contributed by atoms with van der Waals surface area (Å²) in [6.45, 7) is 0.446. The van der Waals surface area contributed by atoms with Crippen molar-refractivity contribution in [2.24, 2.45) is 0 Å². The lowest BCUT2D eigenvalue weighted by molar-refractivity contribution is 0.0692. The molecule has 2 aromatic rings. The number of carbonyl (C=O) groups is 1. The number of nitrogens with one attached hydrogen (secondary N) is 1. The molecule has 0 aliphatic rings. The fraction of sp³-hybridized carbons (Fsp3) is 0.143. The van der Waals surface area contributed by atoms with Gasteiger partial charge in [-0.25, -0.2) is 14.2 Å². The summed E-state index contributed by atoms with van der Waals surface area (Å²) < 4.78 is 18.2. The maximum atomic E-state index is 13.2. The van der Waals surface area contributed by atoms with E-state index in [0.29, 0.717) is 18.1 Å². The molecule has 20 heavy (non-hydrogen) atoms. The van der Waals surface area contributed by atoms with Crippen molar-refractivity contribution in [3.8, 4) is 5.88 Å². The summed E-state index contributed by atoms with van der Waals surface area (Å²) >= 11 is 0. The molecule has 2 rings (SSSR count). The van der Waals surface area contributed by atoms with Gasteiger partial charge in [0.15, 0.2) is 0 Å². The van der Waals surface area contributed by atoms with E-state index >= 15 is 0 Å². The second-order valence-corrected chi connectivity index (χ2v) is 4.06. The number of nitrogens with zero attached hydrogens (tertiary/aromatic N) is 1. The van der Waals surface area contributed by atoms with Crippen molar-refractivity contribution in [2.75, 3.05) is 12.4 Å². The van der Waals surface area contributed by atoms with E-state index in [9.17, 15) is 9.18 Å². The van der Waals surface area contributed by atoms with Crippen molar-refractivity contribution in [3.05, 3.63) is 53.5 Å². The number of rotatable bonds is 5. The van der Waals surface area contributed by atoms with Crippen molar-refractivity contribution in [3.63, 3.8) is 0 Å². The van der Waals surface area contributed by atoms with Gasteiger partial charge in [0, 0.05) is 24.5 Å². The van der Waals surface area contributed by atoms with Gasteiger partial charge in [0.25, 0.3) is 0 Å². The van der Waals surface area contributed by atoms with Crippen molar-refractivity contribution in [1.82, 2.24) is 4.98 Å². The van der Waals surface area contributed by atoms with E-state index in [0.717, 1.165) is 11.6 Å². The molecule has 1 aromatic carbocycles. The number of halogens is 1. The summed E-state index contributed by atoms with van der Waals surface area (Å²) in [5, 5.41) is 11.9. The molecule has 0 saturated carbocycles. The molecule has 0 atom stereocenters. The van der Waals surface area contributed by atoms with Crippen molar-refractivity contribution in [2.45, 2.75) is 6.54 Å². The molecule has 6 heteroatoms. The molecule has 104 valence electrons. The minimum atomic E-state index is -1.29. The smallest absolute Gasteiger partial charge is 0.338 e. The van der Waals surface area contributed by atoms with Gasteiger partial charge in [-0.15, -0.1) is 0 Å². The Bertz CT molecular complexity index is 614. The van der Waals surface area contributed by atoms with Gasteiger partial charge in [-0.3, -0.25) is 0 Å². The van der Waals surface area contributed by atoms with E-state index in [2.05, 4.69) is 10.3 Å². The van der Waals surface area contributed by atoms with E-state index in [-0.39, 0.29) is 5.56 Å². The number of aromatic carboxylic acids is 1. The predicted octanol–water partition coefficient (Wildman–Crippen LogP) is 2.54. The van der Waals surface area contributed by atoms with Crippen LogP contribution in [0.25, 0.3) is 0 Å². The van der Waals surface area contributed by atoms with Crippen LogP contribution < -0.4 is 10.1 Å². The monoisotopic (exact) mass is 276 g/mol. The maximum absolute atomic E-state index is 13.2. The van der Waals surface area contributed by atoms with Gasteiger partial charge in [-0.2, -0.15) is 0 Å². The van der Waals surface area contributed by atoms with Crippen LogP contribution in [0.1, 0.15) is 15.9 Å². The molecule has 1 aromatic heterocycles. The lowest BCUT2D eigenvalue weighted by Gasteiger charge is -2.08. The maximum Gasteiger partial charge on any atom is 0.338 e. The van der Waals surface area contributed by atoms with Crippen LogP contribution >= 0.6 is 0 Å². The minimum Gasteiger partial charge on any atom is -0.481 e. The number of hydrogen-bond donors (Lipinski definition) is 2. The third-order valence-electron chi connectivity index (χ3n) is 2.70. The normalized spacial score (nSPS) is 10.1. The molecular weight excluding hydrogens is 263 g/mol. The van der Waals surface area contributed by atoms with Gasteiger partial charge < -0.3 is 15.2 Å². The second-order valence-electron chi connectivity index (χ2n) is 4.06. The SMILES string of the molecule is COc1ccc(CNc2ccc(F)c(C(=O)O)c2)cn1. The van der Waals surface area contributed by atoms with Gasteiger partial charge in [-0.1, -0.05) is 6.07 Å². The third kappa shape index (κ3) is 3.23. The number of carboxylic acid groups (broad SMARTS) is 1. The molecule has 0 aliphatic carbocycles. The lowest BCUT2D eigenvalue weighted by atomic mass is 10.2. The zero-order chi connectivity index (χ0) is 14.5. The predicted molar refractivity (Wildman–Crippen MR) is 71.5 cm³/mol. The highest BCUT2D eigenvalue weighted by Gasteiger charge is 2.10. The van der Waals surface area contributed by atoms with Gasteiger partial charge in [-0.05, 0) is 23.8 Å². The Morgan fingerprint density at radius 3 is 2.80 bits per heavy atom. The number of ether oxygens (including phenoxy) is 1. The Balaban J connectivity index is 2.06. The number of carboxylic acids is 1. The Morgan fingerprint density at radius 2 is 2.20 bits per heavy atom. The highest BCUT2D eigenvalue weighted by molar-refractivity contribution is 5.89. The highest BCUT2D eigenvalue weighted by atomic mass is 19.1. The van der Waals surface area contributed by atoms with E-state index in [1.165, 1.54) is 19.2 Å². The molecule has 0 bridgehead atoms. The Kier molecular flexibility index (Phi) is 4.14. The largest absolute Gasteiger partial charge is 0.481 e. The van der Waals surface area contributed by atoms with Crippen molar-refractivity contribution >= 4 is 11.7 Å². The topological polar surface area (TPSA) is 71.5 Å². The third-order valence-corrected chi connectivity index (χ3v) is 2.70. The van der Waals surface area contributed by atoms with Gasteiger partial charge in [0.1, 0.15) is 5.82 Å². The van der Waals surface area contributed by atoms with E-state index in [1.54, 1.807) is 12.3 Å². The summed E-state index contributed by atoms with van der Waals surface area (Å²) in [5.41, 5.74) is 1.06. The number of aromatic nitrogens is 1. The summed E-state index contributed by atoms with van der Waals surface area (Å²) in [6, 6.07) is 7.43. The molecular formula is C14H13FN2O3. The van der Waals surface area contributed by atoms with Crippen LogP contribution in [0.15, 0.2) is 36.5 Å². The molecule has 1 heterocycles. The summed E-state index contributed by atoms with van der Waals surface area (Å²) in [5.74, 6) is -1.53. The average molecular weight is 276 g/mol. The molecule has 0 saturated heterocycles. The van der Waals surface area contributed by atoms with Crippen molar-refractivity contribution in [1.29, 1.82) is 0 Å². The first-order chi connectivity index (χ1) is 9.60. The van der Waals surface area contributed by atoms with Crippen LogP contribution in [0.3, 0.4) is 0 Å². The van der Waals surface area contributed by atoms with Crippen LogP contribution in [-0.2, 0) is 6.54 Å². The van der Waals surface area contributed by atoms with Crippen LogP contribution in [0, 0.1) is 5.82 Å². The van der Waals surface area contributed by atoms with E-state index < -0.39 is 11.8 Å². The average Bonchev–Trinajstić information content (AvgIpc) is 2.46. The number of hydrogen-bond acceptors (Lipinski definition) is 4. The standard InChI is InChI=1S/C14H13FN2O3/c1-20-13-5-2-9(8-17-13)7-16-10-3-4-12(15)11(6-10)14(18)19/h2-6,8,16H,7H2,1H3,(H,18,19). The number of pyridine rings is 1. The fourth-order valence-electron chi connectivity index (χ4n) is 1.64. The van der Waals surface area contributed by atoms with E-state index in [1.807, 2.05) is 6.07 Å². The van der Waals surface area contributed by atoms with E-state index in [4.69, 9.17) is 9.84 Å². The van der Waals surface area contributed by atoms with Crippen LogP contribution in [-0.4, -0.2) is 23.2 Å². The second kappa shape index (κ2) is 6.01. The molecule has 5 nitrogen and oxygen atoms in total. The zero-order valence-electron chi connectivity index (χ0n) is 10.8.